The summed E-state index contributed by atoms with van der Waals surface area (Å²) in [6.07, 6.45) is 6.27. The highest BCUT2D eigenvalue weighted by atomic mass is 16.5. The van der Waals surface area contributed by atoms with Gasteiger partial charge in [0.25, 0.3) is 0 Å². The van der Waals surface area contributed by atoms with Gasteiger partial charge in [-0.15, -0.1) is 0 Å². The van der Waals surface area contributed by atoms with Crippen molar-refractivity contribution < 1.29 is 9.53 Å². The molecule has 0 fully saturated rings. The second-order valence-electron chi connectivity index (χ2n) is 5.30. The lowest BCUT2D eigenvalue weighted by Crippen LogP contribution is -2.31. The van der Waals surface area contributed by atoms with Crippen molar-refractivity contribution in [2.45, 2.75) is 44.9 Å². The summed E-state index contributed by atoms with van der Waals surface area (Å²) in [5.41, 5.74) is 0.394. The minimum absolute atomic E-state index is 0.165. The van der Waals surface area contributed by atoms with Crippen LogP contribution in [0.5, 0.6) is 0 Å². The zero-order valence-electron chi connectivity index (χ0n) is 11.1. The van der Waals surface area contributed by atoms with Gasteiger partial charge in [-0.1, -0.05) is 30.3 Å². The van der Waals surface area contributed by atoms with Gasteiger partial charge in [-0.25, -0.2) is 0 Å². The Bertz CT molecular complexity index is 443. The van der Waals surface area contributed by atoms with Crippen LogP contribution in [0.25, 0.3) is 0 Å². The number of benzene rings is 1. The van der Waals surface area contributed by atoms with Crippen LogP contribution in [-0.4, -0.2) is 5.97 Å². The highest BCUT2D eigenvalue weighted by Crippen LogP contribution is 2.27. The van der Waals surface area contributed by atoms with E-state index in [2.05, 4.69) is 0 Å². The van der Waals surface area contributed by atoms with E-state index in [0.29, 0.717) is 0 Å². The van der Waals surface area contributed by atoms with Gasteiger partial charge in [0.15, 0.2) is 0 Å². The van der Waals surface area contributed by atoms with Crippen LogP contribution in [0.3, 0.4) is 0 Å². The van der Waals surface area contributed by atoms with Gasteiger partial charge in [-0.2, -0.15) is 0 Å². The van der Waals surface area contributed by atoms with Crippen molar-refractivity contribution >= 4 is 5.97 Å². The Hall–Kier alpha value is -1.57. The lowest BCUT2D eigenvalue weighted by molar-refractivity contribution is -0.145. The average Bonchev–Trinajstić information content (AvgIpc) is 2.41. The fraction of sp³-hybridized carbons (Fsp3) is 0.438. The zero-order chi connectivity index (χ0) is 13.0. The van der Waals surface area contributed by atoms with E-state index in [0.717, 1.165) is 30.6 Å². The van der Waals surface area contributed by atoms with E-state index in [9.17, 15) is 4.79 Å². The van der Waals surface area contributed by atoms with Crippen LogP contribution >= 0.6 is 0 Å². The maximum Gasteiger partial charge on any atom is 0.321 e. The first-order chi connectivity index (χ1) is 8.60. The smallest absolute Gasteiger partial charge is 0.321 e. The van der Waals surface area contributed by atoms with Gasteiger partial charge in [0.1, 0.15) is 5.76 Å². The van der Waals surface area contributed by atoms with Gasteiger partial charge in [0, 0.05) is 6.42 Å². The minimum Gasteiger partial charge on any atom is -0.431 e. The Labute approximate surface area is 109 Å². The molecule has 0 aliphatic heterocycles. The quantitative estimate of drug-likeness (QED) is 0.752. The van der Waals surface area contributed by atoms with Gasteiger partial charge in [0.05, 0.1) is 5.41 Å². The third kappa shape index (κ3) is 2.81. The number of hydrogen-bond acceptors (Lipinski definition) is 2. The molecule has 0 radical (unpaired) electrons. The molecule has 0 N–H and O–H groups in total. The molecule has 0 spiro atoms. The predicted molar refractivity (Wildman–Crippen MR) is 72.1 cm³/mol. The topological polar surface area (TPSA) is 26.3 Å². The first-order valence-electron chi connectivity index (χ1n) is 6.57. The van der Waals surface area contributed by atoms with Gasteiger partial charge in [-0.3, -0.25) is 4.79 Å². The van der Waals surface area contributed by atoms with Gasteiger partial charge < -0.3 is 4.74 Å². The minimum atomic E-state index is -0.598. The monoisotopic (exact) mass is 244 g/mol. The SMILES string of the molecule is CC(C)(C(=O)OC1=CCCCC1)c1ccccc1. The number of rotatable bonds is 3. The first kappa shape index (κ1) is 12.9. The predicted octanol–water partition coefficient (Wildman–Crippen LogP) is 3.97. The maximum absolute atomic E-state index is 12.3. The van der Waals surface area contributed by atoms with Crippen LogP contribution in [-0.2, 0) is 14.9 Å². The average molecular weight is 244 g/mol. The summed E-state index contributed by atoms with van der Waals surface area (Å²) in [4.78, 5) is 12.3. The van der Waals surface area contributed by atoms with E-state index < -0.39 is 5.41 Å². The Morgan fingerprint density at radius 2 is 1.89 bits per heavy atom. The van der Waals surface area contributed by atoms with Gasteiger partial charge in [0.2, 0.25) is 0 Å². The van der Waals surface area contributed by atoms with E-state index in [1.807, 2.05) is 50.3 Å². The lowest BCUT2D eigenvalue weighted by Gasteiger charge is -2.24. The lowest BCUT2D eigenvalue weighted by atomic mass is 9.85. The van der Waals surface area contributed by atoms with Crippen molar-refractivity contribution in [2.75, 3.05) is 0 Å². The second kappa shape index (κ2) is 5.38. The molecule has 1 aliphatic carbocycles. The van der Waals surface area contributed by atoms with E-state index in [4.69, 9.17) is 4.74 Å². The molecule has 0 unspecified atom stereocenters. The molecular weight excluding hydrogens is 224 g/mol. The molecule has 0 heterocycles. The van der Waals surface area contributed by atoms with E-state index in [-0.39, 0.29) is 5.97 Å². The summed E-state index contributed by atoms with van der Waals surface area (Å²) in [6.45, 7) is 3.82. The van der Waals surface area contributed by atoms with Gasteiger partial charge >= 0.3 is 5.97 Å². The summed E-state index contributed by atoms with van der Waals surface area (Å²) < 4.78 is 5.53. The summed E-state index contributed by atoms with van der Waals surface area (Å²) >= 11 is 0. The molecule has 0 saturated heterocycles. The summed E-state index contributed by atoms with van der Waals surface area (Å²) in [5, 5.41) is 0. The Morgan fingerprint density at radius 3 is 2.50 bits per heavy atom. The molecule has 2 nitrogen and oxygen atoms in total. The number of carbonyl (C=O) groups is 1. The van der Waals surface area contributed by atoms with Crippen molar-refractivity contribution in [3.8, 4) is 0 Å². The first-order valence-corrected chi connectivity index (χ1v) is 6.57. The second-order valence-corrected chi connectivity index (χ2v) is 5.30. The number of allylic oxidation sites excluding steroid dienone is 2. The fourth-order valence-corrected chi connectivity index (χ4v) is 2.12. The van der Waals surface area contributed by atoms with Crippen LogP contribution in [0.2, 0.25) is 0 Å². The standard InChI is InChI=1S/C16H20O2/c1-16(2,13-9-5-3-6-10-13)15(17)18-14-11-7-4-8-12-14/h3,5-6,9-11H,4,7-8,12H2,1-2H3. The Morgan fingerprint density at radius 1 is 1.17 bits per heavy atom. The fourth-order valence-electron chi connectivity index (χ4n) is 2.12. The molecule has 0 bridgehead atoms. The maximum atomic E-state index is 12.3. The third-order valence-corrected chi connectivity index (χ3v) is 3.48. The molecule has 1 aliphatic rings. The van der Waals surface area contributed by atoms with E-state index >= 15 is 0 Å². The molecule has 0 aromatic heterocycles. The summed E-state index contributed by atoms with van der Waals surface area (Å²) in [5.74, 6) is 0.678. The van der Waals surface area contributed by atoms with Crippen LogP contribution in [0.4, 0.5) is 0 Å². The van der Waals surface area contributed by atoms with Crippen molar-refractivity contribution in [1.29, 1.82) is 0 Å². The van der Waals surface area contributed by atoms with Crippen LogP contribution in [0, 0.1) is 0 Å². The molecule has 2 heteroatoms. The van der Waals surface area contributed by atoms with Crippen molar-refractivity contribution in [1.82, 2.24) is 0 Å². The van der Waals surface area contributed by atoms with Crippen LogP contribution in [0.15, 0.2) is 42.2 Å². The van der Waals surface area contributed by atoms with Crippen LogP contribution in [0.1, 0.15) is 45.1 Å². The van der Waals surface area contributed by atoms with Crippen molar-refractivity contribution in [3.05, 3.63) is 47.7 Å². The number of esters is 1. The molecular formula is C16H20O2. The molecule has 1 aromatic rings. The van der Waals surface area contributed by atoms with Crippen molar-refractivity contribution in [2.24, 2.45) is 0 Å². The third-order valence-electron chi connectivity index (χ3n) is 3.48. The zero-order valence-corrected chi connectivity index (χ0v) is 11.1. The summed E-state index contributed by atoms with van der Waals surface area (Å²) in [6, 6.07) is 9.79. The normalized spacial score (nSPS) is 16.0. The highest BCUT2D eigenvalue weighted by Gasteiger charge is 2.32. The molecule has 18 heavy (non-hydrogen) atoms. The largest absolute Gasteiger partial charge is 0.431 e. The number of carbonyl (C=O) groups excluding carboxylic acids is 1. The molecule has 0 saturated carbocycles. The molecule has 1 aromatic carbocycles. The molecule has 96 valence electrons. The molecule has 2 rings (SSSR count). The van der Waals surface area contributed by atoms with Gasteiger partial charge in [-0.05, 0) is 44.7 Å². The van der Waals surface area contributed by atoms with Crippen molar-refractivity contribution in [3.63, 3.8) is 0 Å². The van der Waals surface area contributed by atoms with Crippen LogP contribution < -0.4 is 0 Å². The van der Waals surface area contributed by atoms with E-state index in [1.54, 1.807) is 0 Å². The highest BCUT2D eigenvalue weighted by molar-refractivity contribution is 5.83. The molecule has 0 amide bonds. The molecule has 0 atom stereocenters. The summed E-state index contributed by atoms with van der Waals surface area (Å²) in [7, 11) is 0. The Kier molecular flexibility index (Phi) is 3.85. The number of ether oxygens (including phenoxy) is 1. The Balaban J connectivity index is 2.10. The van der Waals surface area contributed by atoms with E-state index in [1.165, 1.54) is 6.42 Å². The number of hydrogen-bond donors (Lipinski definition) is 0.